The summed E-state index contributed by atoms with van der Waals surface area (Å²) in [7, 11) is 0. The molecule has 1 aromatic carbocycles. The third-order valence-corrected chi connectivity index (χ3v) is 2.85. The summed E-state index contributed by atoms with van der Waals surface area (Å²) < 4.78 is 5.01. The summed E-state index contributed by atoms with van der Waals surface area (Å²) in [6, 6.07) is 7.45. The van der Waals surface area contributed by atoms with Crippen molar-refractivity contribution in [3.8, 4) is 0 Å². The molecule has 0 fully saturated rings. The minimum absolute atomic E-state index is 0.205. The number of rotatable bonds is 5. The molecule has 2 N–H and O–H groups in total. The zero-order valence-corrected chi connectivity index (χ0v) is 12.0. The molecular weight excluding hydrogens is 254 g/mol. The van der Waals surface area contributed by atoms with Crippen LogP contribution in [-0.2, 0) is 0 Å². The largest absolute Gasteiger partial charge is 0.384 e. The molecule has 106 valence electrons. The molecule has 0 radical (unpaired) electrons. The van der Waals surface area contributed by atoms with Gasteiger partial charge in [0.15, 0.2) is 0 Å². The van der Waals surface area contributed by atoms with Gasteiger partial charge >= 0.3 is 0 Å². The van der Waals surface area contributed by atoms with E-state index < -0.39 is 0 Å². The molecule has 2 aromatic rings. The minimum atomic E-state index is -0.205. The molecule has 0 saturated heterocycles. The van der Waals surface area contributed by atoms with Crippen molar-refractivity contribution in [1.29, 1.82) is 0 Å². The van der Waals surface area contributed by atoms with Crippen LogP contribution in [0.1, 0.15) is 35.0 Å². The van der Waals surface area contributed by atoms with Gasteiger partial charge in [-0.2, -0.15) is 0 Å². The topological polar surface area (TPSA) is 67.2 Å². The van der Waals surface area contributed by atoms with Crippen molar-refractivity contribution in [3.05, 3.63) is 41.1 Å². The van der Waals surface area contributed by atoms with Crippen LogP contribution in [-0.4, -0.2) is 17.6 Å². The van der Waals surface area contributed by atoms with E-state index in [9.17, 15) is 4.79 Å². The van der Waals surface area contributed by atoms with Crippen LogP contribution in [0, 0.1) is 13.8 Å². The summed E-state index contributed by atoms with van der Waals surface area (Å²) in [6.45, 7) is 6.67. The monoisotopic (exact) mass is 273 g/mol. The fraction of sp³-hybridized carbons (Fsp3) is 0.333. The van der Waals surface area contributed by atoms with E-state index in [0.717, 1.165) is 29.9 Å². The fourth-order valence-electron chi connectivity index (χ4n) is 1.86. The smallest absolute Gasteiger partial charge is 0.260 e. The van der Waals surface area contributed by atoms with Gasteiger partial charge in [-0.15, -0.1) is 0 Å². The lowest BCUT2D eigenvalue weighted by Crippen LogP contribution is -2.15. The molecule has 5 nitrogen and oxygen atoms in total. The van der Waals surface area contributed by atoms with Crippen LogP contribution < -0.4 is 10.6 Å². The first kappa shape index (κ1) is 14.1. The third kappa shape index (κ3) is 3.38. The maximum absolute atomic E-state index is 12.3. The Bertz CT molecular complexity index is 605. The first-order chi connectivity index (χ1) is 9.60. The second-order valence-corrected chi connectivity index (χ2v) is 4.76. The van der Waals surface area contributed by atoms with Crippen LogP contribution in [0.3, 0.4) is 0 Å². The van der Waals surface area contributed by atoms with Gasteiger partial charge in [0.05, 0.1) is 11.3 Å². The molecule has 0 spiro atoms. The first-order valence-corrected chi connectivity index (χ1v) is 6.69. The Kier molecular flexibility index (Phi) is 4.40. The zero-order valence-electron chi connectivity index (χ0n) is 12.0. The van der Waals surface area contributed by atoms with Gasteiger partial charge < -0.3 is 9.84 Å². The SMILES string of the molecule is CCCNc1ccc(C)cc1C(=O)Nc1cc(C)no1. The van der Waals surface area contributed by atoms with Crippen LogP contribution in [0.2, 0.25) is 0 Å². The highest BCUT2D eigenvalue weighted by molar-refractivity contribution is 6.07. The number of anilines is 2. The Morgan fingerprint density at radius 1 is 1.30 bits per heavy atom. The van der Waals surface area contributed by atoms with Gasteiger partial charge in [-0.3, -0.25) is 10.1 Å². The Balaban J connectivity index is 2.21. The van der Waals surface area contributed by atoms with Gasteiger partial charge in [-0.25, -0.2) is 0 Å². The number of carbonyl (C=O) groups is 1. The summed E-state index contributed by atoms with van der Waals surface area (Å²) >= 11 is 0. The fourth-order valence-corrected chi connectivity index (χ4v) is 1.86. The molecule has 20 heavy (non-hydrogen) atoms. The summed E-state index contributed by atoms with van der Waals surface area (Å²) in [4.78, 5) is 12.3. The standard InChI is InChI=1S/C15H19N3O2/c1-4-7-16-13-6-5-10(2)8-12(13)15(19)17-14-9-11(3)18-20-14/h5-6,8-9,16H,4,7H2,1-3H3,(H,17,19). The van der Waals surface area contributed by atoms with E-state index in [1.165, 1.54) is 0 Å². The van der Waals surface area contributed by atoms with Crippen molar-refractivity contribution in [2.75, 3.05) is 17.2 Å². The Labute approximate surface area is 118 Å². The quantitative estimate of drug-likeness (QED) is 0.876. The summed E-state index contributed by atoms with van der Waals surface area (Å²) in [5.41, 5.74) is 3.19. The van der Waals surface area contributed by atoms with Crippen LogP contribution in [0.25, 0.3) is 0 Å². The van der Waals surface area contributed by atoms with Crippen LogP contribution in [0.4, 0.5) is 11.6 Å². The molecular formula is C15H19N3O2. The van der Waals surface area contributed by atoms with Gasteiger partial charge in [-0.1, -0.05) is 23.7 Å². The Morgan fingerprint density at radius 2 is 2.10 bits per heavy atom. The van der Waals surface area contributed by atoms with Gasteiger partial charge in [0.2, 0.25) is 5.88 Å². The molecule has 0 aliphatic carbocycles. The van der Waals surface area contributed by atoms with Crippen LogP contribution in [0.15, 0.2) is 28.8 Å². The molecule has 1 amide bonds. The van der Waals surface area contributed by atoms with Crippen molar-refractivity contribution >= 4 is 17.5 Å². The van der Waals surface area contributed by atoms with Crippen molar-refractivity contribution in [1.82, 2.24) is 5.16 Å². The van der Waals surface area contributed by atoms with E-state index in [0.29, 0.717) is 11.4 Å². The first-order valence-electron chi connectivity index (χ1n) is 6.69. The Hall–Kier alpha value is -2.30. The van der Waals surface area contributed by atoms with Crippen LogP contribution in [0.5, 0.6) is 0 Å². The lowest BCUT2D eigenvalue weighted by molar-refractivity contribution is 0.102. The van der Waals surface area contributed by atoms with E-state index in [2.05, 4.69) is 22.7 Å². The summed E-state index contributed by atoms with van der Waals surface area (Å²) in [6.07, 6.45) is 0.996. The average Bonchev–Trinajstić information content (AvgIpc) is 2.82. The number of amides is 1. The predicted molar refractivity (Wildman–Crippen MR) is 79.2 cm³/mol. The second-order valence-electron chi connectivity index (χ2n) is 4.76. The molecule has 0 saturated carbocycles. The van der Waals surface area contributed by atoms with E-state index in [-0.39, 0.29) is 5.91 Å². The van der Waals surface area contributed by atoms with Gasteiger partial charge in [0.25, 0.3) is 5.91 Å². The van der Waals surface area contributed by atoms with E-state index in [1.54, 1.807) is 13.0 Å². The number of aryl methyl sites for hydroxylation is 2. The number of carbonyl (C=O) groups excluding carboxylic acids is 1. The van der Waals surface area contributed by atoms with Gasteiger partial charge in [-0.05, 0) is 32.4 Å². The van der Waals surface area contributed by atoms with Crippen molar-refractivity contribution < 1.29 is 9.32 Å². The highest BCUT2D eigenvalue weighted by Gasteiger charge is 2.13. The molecule has 1 heterocycles. The number of hydrogen-bond donors (Lipinski definition) is 2. The number of nitrogens with zero attached hydrogens (tertiary/aromatic N) is 1. The van der Waals surface area contributed by atoms with Gasteiger partial charge in [0, 0.05) is 18.3 Å². The third-order valence-electron chi connectivity index (χ3n) is 2.85. The van der Waals surface area contributed by atoms with Crippen molar-refractivity contribution in [2.24, 2.45) is 0 Å². The molecule has 0 unspecified atom stereocenters. The lowest BCUT2D eigenvalue weighted by atomic mass is 10.1. The average molecular weight is 273 g/mol. The Morgan fingerprint density at radius 3 is 2.75 bits per heavy atom. The van der Waals surface area contributed by atoms with Gasteiger partial charge in [0.1, 0.15) is 0 Å². The summed E-state index contributed by atoms with van der Waals surface area (Å²) in [5, 5.41) is 9.72. The second kappa shape index (κ2) is 6.23. The number of nitrogens with one attached hydrogen (secondary N) is 2. The van der Waals surface area contributed by atoms with Crippen LogP contribution >= 0.6 is 0 Å². The molecule has 0 aliphatic heterocycles. The van der Waals surface area contributed by atoms with E-state index >= 15 is 0 Å². The predicted octanol–water partition coefficient (Wildman–Crippen LogP) is 3.37. The highest BCUT2D eigenvalue weighted by Crippen LogP contribution is 2.19. The molecule has 2 rings (SSSR count). The number of aromatic nitrogens is 1. The van der Waals surface area contributed by atoms with E-state index in [4.69, 9.17) is 4.52 Å². The normalized spacial score (nSPS) is 10.3. The number of hydrogen-bond acceptors (Lipinski definition) is 4. The lowest BCUT2D eigenvalue weighted by Gasteiger charge is -2.11. The maximum Gasteiger partial charge on any atom is 0.260 e. The number of benzene rings is 1. The minimum Gasteiger partial charge on any atom is -0.384 e. The summed E-state index contributed by atoms with van der Waals surface area (Å²) in [5.74, 6) is 0.152. The maximum atomic E-state index is 12.3. The molecule has 0 aliphatic rings. The molecule has 5 heteroatoms. The van der Waals surface area contributed by atoms with E-state index in [1.807, 2.05) is 25.1 Å². The van der Waals surface area contributed by atoms with Crippen molar-refractivity contribution in [2.45, 2.75) is 27.2 Å². The molecule has 0 bridgehead atoms. The van der Waals surface area contributed by atoms with Crippen molar-refractivity contribution in [3.63, 3.8) is 0 Å². The zero-order chi connectivity index (χ0) is 14.5. The molecule has 1 aromatic heterocycles. The molecule has 0 atom stereocenters. The highest BCUT2D eigenvalue weighted by atomic mass is 16.5.